The highest BCUT2D eigenvalue weighted by Crippen LogP contribution is 2.35. The zero-order valence-electron chi connectivity index (χ0n) is 16.4. The van der Waals surface area contributed by atoms with Gasteiger partial charge in [-0.15, -0.1) is 0 Å². The van der Waals surface area contributed by atoms with Crippen molar-refractivity contribution in [1.82, 2.24) is 9.88 Å². The van der Waals surface area contributed by atoms with Gasteiger partial charge < -0.3 is 14.5 Å². The van der Waals surface area contributed by atoms with Crippen LogP contribution in [-0.4, -0.2) is 41.6 Å². The molecule has 1 amide bonds. The minimum atomic E-state index is -4.58. The third kappa shape index (κ3) is 5.31. The number of amides is 1. The minimum Gasteiger partial charge on any atom is -0.444 e. The lowest BCUT2D eigenvalue weighted by Gasteiger charge is -2.32. The standard InChI is InChI=1S/C22H20F3N3O3/c23-22(24,25)17-8-16(19-11-26-14-31-19)9-18(10-17)27-21(29)20-13-28(6-7-30-20)12-15-4-2-1-3-5-15/h1-5,8-11,14,20H,6-7,12-13H2,(H,27,29). The van der Waals surface area contributed by atoms with Crippen LogP contribution >= 0.6 is 0 Å². The number of hydrogen-bond acceptors (Lipinski definition) is 5. The zero-order valence-corrected chi connectivity index (χ0v) is 16.4. The average molecular weight is 431 g/mol. The second-order valence-electron chi connectivity index (χ2n) is 7.23. The van der Waals surface area contributed by atoms with Gasteiger partial charge in [0, 0.05) is 30.9 Å². The van der Waals surface area contributed by atoms with Crippen molar-refractivity contribution in [1.29, 1.82) is 0 Å². The number of benzene rings is 2. The minimum absolute atomic E-state index is 0.00927. The maximum absolute atomic E-state index is 13.3. The lowest BCUT2D eigenvalue weighted by Crippen LogP contribution is -2.47. The van der Waals surface area contributed by atoms with E-state index in [1.807, 2.05) is 30.3 Å². The molecule has 2 aromatic carbocycles. The van der Waals surface area contributed by atoms with Crippen LogP contribution in [0.25, 0.3) is 11.3 Å². The lowest BCUT2D eigenvalue weighted by atomic mass is 10.1. The lowest BCUT2D eigenvalue weighted by molar-refractivity contribution is -0.137. The number of nitrogens with zero attached hydrogens (tertiary/aromatic N) is 2. The van der Waals surface area contributed by atoms with Crippen LogP contribution in [-0.2, 0) is 22.3 Å². The summed E-state index contributed by atoms with van der Waals surface area (Å²) in [5.41, 5.74) is 0.387. The van der Waals surface area contributed by atoms with E-state index < -0.39 is 23.8 Å². The van der Waals surface area contributed by atoms with Gasteiger partial charge in [-0.25, -0.2) is 4.98 Å². The number of carbonyl (C=O) groups excluding carboxylic acids is 1. The number of ether oxygens (including phenoxy) is 1. The van der Waals surface area contributed by atoms with Crippen molar-refractivity contribution in [2.45, 2.75) is 18.8 Å². The van der Waals surface area contributed by atoms with E-state index in [1.165, 1.54) is 12.3 Å². The van der Waals surface area contributed by atoms with Gasteiger partial charge in [-0.1, -0.05) is 30.3 Å². The van der Waals surface area contributed by atoms with E-state index in [0.717, 1.165) is 24.1 Å². The summed E-state index contributed by atoms with van der Waals surface area (Å²) in [5, 5.41) is 2.56. The van der Waals surface area contributed by atoms with E-state index in [4.69, 9.17) is 9.15 Å². The highest BCUT2D eigenvalue weighted by molar-refractivity contribution is 5.95. The Bertz CT molecular complexity index is 1020. The molecule has 2 heterocycles. The Morgan fingerprint density at radius 1 is 1.19 bits per heavy atom. The Kier molecular flexibility index (Phi) is 6.06. The Morgan fingerprint density at radius 3 is 2.71 bits per heavy atom. The topological polar surface area (TPSA) is 67.6 Å². The number of oxazole rings is 1. The fraction of sp³-hybridized carbons (Fsp3) is 0.273. The van der Waals surface area contributed by atoms with Gasteiger partial charge in [-0.3, -0.25) is 9.69 Å². The van der Waals surface area contributed by atoms with E-state index in [0.29, 0.717) is 26.2 Å². The van der Waals surface area contributed by atoms with E-state index in [9.17, 15) is 18.0 Å². The molecule has 0 aliphatic carbocycles. The molecule has 0 saturated carbocycles. The fourth-order valence-electron chi connectivity index (χ4n) is 3.43. The maximum atomic E-state index is 13.3. The van der Waals surface area contributed by atoms with Crippen LogP contribution in [0.3, 0.4) is 0 Å². The molecule has 0 spiro atoms. The van der Waals surface area contributed by atoms with E-state index in [1.54, 1.807) is 0 Å². The van der Waals surface area contributed by atoms with Crippen molar-refractivity contribution in [3.05, 3.63) is 72.2 Å². The van der Waals surface area contributed by atoms with Gasteiger partial charge in [-0.2, -0.15) is 13.2 Å². The molecule has 1 saturated heterocycles. The van der Waals surface area contributed by atoms with Gasteiger partial charge in [0.2, 0.25) is 0 Å². The van der Waals surface area contributed by atoms with Crippen molar-refractivity contribution in [3.8, 4) is 11.3 Å². The molecule has 0 bridgehead atoms. The van der Waals surface area contributed by atoms with Crippen LogP contribution in [0, 0.1) is 0 Å². The molecular formula is C22H20F3N3O3. The Hall–Kier alpha value is -3.17. The number of halogens is 3. The second-order valence-corrected chi connectivity index (χ2v) is 7.23. The molecule has 3 aromatic rings. The summed E-state index contributed by atoms with van der Waals surface area (Å²) >= 11 is 0. The quantitative estimate of drug-likeness (QED) is 0.656. The van der Waals surface area contributed by atoms with Crippen molar-refractivity contribution < 1.29 is 27.1 Å². The molecule has 6 nitrogen and oxygen atoms in total. The Balaban J connectivity index is 1.49. The molecule has 31 heavy (non-hydrogen) atoms. The van der Waals surface area contributed by atoms with Gasteiger partial charge in [0.15, 0.2) is 12.2 Å². The Labute approximate surface area is 176 Å². The first-order valence-corrected chi connectivity index (χ1v) is 9.68. The van der Waals surface area contributed by atoms with Gasteiger partial charge in [0.05, 0.1) is 18.4 Å². The monoisotopic (exact) mass is 431 g/mol. The molecule has 1 unspecified atom stereocenters. The summed E-state index contributed by atoms with van der Waals surface area (Å²) in [6.07, 6.45) is -2.93. The molecule has 1 aliphatic rings. The van der Waals surface area contributed by atoms with E-state index in [-0.39, 0.29) is 17.0 Å². The molecule has 162 valence electrons. The summed E-state index contributed by atoms with van der Waals surface area (Å²) in [4.78, 5) is 18.6. The second kappa shape index (κ2) is 8.91. The van der Waals surface area contributed by atoms with Crippen LogP contribution in [0.5, 0.6) is 0 Å². The van der Waals surface area contributed by atoms with Gasteiger partial charge in [0.25, 0.3) is 5.91 Å². The SMILES string of the molecule is O=C(Nc1cc(-c2cnco2)cc(C(F)(F)F)c1)C1CN(Cc2ccccc2)CCO1. The van der Waals surface area contributed by atoms with Crippen molar-refractivity contribution in [3.63, 3.8) is 0 Å². The molecule has 1 atom stereocenters. The molecule has 1 N–H and O–H groups in total. The highest BCUT2D eigenvalue weighted by Gasteiger charge is 2.32. The first kappa shape index (κ1) is 21.1. The molecule has 1 fully saturated rings. The van der Waals surface area contributed by atoms with Crippen molar-refractivity contribution in [2.24, 2.45) is 0 Å². The van der Waals surface area contributed by atoms with E-state index in [2.05, 4.69) is 15.2 Å². The molecule has 4 rings (SSSR count). The van der Waals surface area contributed by atoms with Crippen LogP contribution in [0.15, 0.2) is 65.5 Å². The van der Waals surface area contributed by atoms with Crippen LogP contribution in [0.1, 0.15) is 11.1 Å². The van der Waals surface area contributed by atoms with Crippen LogP contribution < -0.4 is 5.32 Å². The average Bonchev–Trinajstić information content (AvgIpc) is 3.29. The van der Waals surface area contributed by atoms with Gasteiger partial charge in [-0.05, 0) is 23.8 Å². The summed E-state index contributed by atoms with van der Waals surface area (Å²) in [6, 6.07) is 13.1. The number of morpholine rings is 1. The number of anilines is 1. The molecule has 1 aromatic heterocycles. The molecular weight excluding hydrogens is 411 g/mol. The predicted molar refractivity (Wildman–Crippen MR) is 107 cm³/mol. The number of carbonyl (C=O) groups is 1. The zero-order chi connectivity index (χ0) is 21.8. The smallest absolute Gasteiger partial charge is 0.416 e. The molecule has 0 radical (unpaired) electrons. The third-order valence-electron chi connectivity index (χ3n) is 4.94. The normalized spacial score (nSPS) is 17.5. The fourth-order valence-corrected chi connectivity index (χ4v) is 3.43. The summed E-state index contributed by atoms with van der Waals surface area (Å²) in [5.74, 6) is -0.329. The number of alkyl halides is 3. The van der Waals surface area contributed by atoms with Gasteiger partial charge in [0.1, 0.15) is 6.10 Å². The number of aromatic nitrogens is 1. The number of nitrogens with one attached hydrogen (secondary N) is 1. The predicted octanol–water partition coefficient (Wildman–Crippen LogP) is 4.20. The van der Waals surface area contributed by atoms with Crippen LogP contribution in [0.2, 0.25) is 0 Å². The summed E-state index contributed by atoms with van der Waals surface area (Å²) in [7, 11) is 0. The number of hydrogen-bond donors (Lipinski definition) is 1. The number of rotatable bonds is 5. The molecule has 1 aliphatic heterocycles. The summed E-state index contributed by atoms with van der Waals surface area (Å²) < 4.78 is 50.7. The van der Waals surface area contributed by atoms with Crippen LogP contribution in [0.4, 0.5) is 18.9 Å². The van der Waals surface area contributed by atoms with Gasteiger partial charge >= 0.3 is 6.18 Å². The summed E-state index contributed by atoms with van der Waals surface area (Å²) in [6.45, 7) is 2.02. The molecule has 9 heteroatoms. The van der Waals surface area contributed by atoms with Crippen molar-refractivity contribution in [2.75, 3.05) is 25.0 Å². The van der Waals surface area contributed by atoms with Crippen molar-refractivity contribution >= 4 is 11.6 Å². The third-order valence-corrected chi connectivity index (χ3v) is 4.94. The highest BCUT2D eigenvalue weighted by atomic mass is 19.4. The first-order chi connectivity index (χ1) is 14.9. The maximum Gasteiger partial charge on any atom is 0.416 e. The first-order valence-electron chi connectivity index (χ1n) is 9.68. The Morgan fingerprint density at radius 2 is 2.00 bits per heavy atom. The largest absolute Gasteiger partial charge is 0.444 e. The van der Waals surface area contributed by atoms with E-state index >= 15 is 0 Å².